The van der Waals surface area contributed by atoms with E-state index >= 15 is 0 Å². The molecule has 2 rings (SSSR count). The first-order chi connectivity index (χ1) is 5.47. The summed E-state index contributed by atoms with van der Waals surface area (Å²) in [6, 6.07) is 3.98. The van der Waals surface area contributed by atoms with Crippen molar-refractivity contribution in [1.29, 1.82) is 0 Å². The van der Waals surface area contributed by atoms with Crippen LogP contribution in [0.2, 0.25) is 0 Å². The molecule has 0 spiro atoms. The van der Waals surface area contributed by atoms with Gasteiger partial charge in [-0.05, 0) is 17.0 Å². The molecule has 0 amide bonds. The summed E-state index contributed by atoms with van der Waals surface area (Å²) in [5.74, 6) is 0. The van der Waals surface area contributed by atoms with Gasteiger partial charge in [0.15, 0.2) is 0 Å². The van der Waals surface area contributed by atoms with E-state index in [9.17, 15) is 0 Å². The van der Waals surface area contributed by atoms with Crippen LogP contribution in [-0.2, 0) is 0 Å². The predicted octanol–water partition coefficient (Wildman–Crippen LogP) is 2.67. The standard InChI is InChI=1S/C8H7N2S/c1-2-7(6-9-3-1)8-10-4-5-11-8/h1-6,8H/q-1. The van der Waals surface area contributed by atoms with Crippen LogP contribution in [0.5, 0.6) is 0 Å². The molecule has 11 heavy (non-hydrogen) atoms. The number of hydrogen-bond acceptors (Lipinski definition) is 2. The Bertz CT molecular complexity index is 250. The summed E-state index contributed by atoms with van der Waals surface area (Å²) in [4.78, 5) is 4.03. The molecule has 1 aliphatic rings. The highest BCUT2D eigenvalue weighted by atomic mass is 32.2. The van der Waals surface area contributed by atoms with Gasteiger partial charge < -0.3 is 5.32 Å². The van der Waals surface area contributed by atoms with Gasteiger partial charge in [-0.2, -0.15) is 6.20 Å². The third-order valence-electron chi connectivity index (χ3n) is 1.46. The lowest BCUT2D eigenvalue weighted by molar-refractivity contribution is 1.14. The Morgan fingerprint density at radius 1 is 1.55 bits per heavy atom. The minimum absolute atomic E-state index is 0.240. The Labute approximate surface area is 69.7 Å². The monoisotopic (exact) mass is 163 g/mol. The summed E-state index contributed by atoms with van der Waals surface area (Å²) in [5.41, 5.74) is 1.17. The lowest BCUT2D eigenvalue weighted by atomic mass is 10.3. The smallest absolute Gasteiger partial charge is 0.0295 e. The van der Waals surface area contributed by atoms with Crippen LogP contribution in [0.25, 0.3) is 5.32 Å². The van der Waals surface area contributed by atoms with E-state index in [0.717, 1.165) is 0 Å². The molecule has 1 aromatic heterocycles. The van der Waals surface area contributed by atoms with Gasteiger partial charge in [0.05, 0.1) is 0 Å². The van der Waals surface area contributed by atoms with E-state index in [2.05, 4.69) is 10.3 Å². The molecule has 0 aromatic carbocycles. The topological polar surface area (TPSA) is 27.0 Å². The van der Waals surface area contributed by atoms with Crippen molar-refractivity contribution in [2.24, 2.45) is 0 Å². The molecule has 0 N–H and O–H groups in total. The van der Waals surface area contributed by atoms with Gasteiger partial charge in [0.2, 0.25) is 0 Å². The fourth-order valence-electron chi connectivity index (χ4n) is 0.945. The fourth-order valence-corrected chi connectivity index (χ4v) is 1.67. The van der Waals surface area contributed by atoms with Crippen molar-refractivity contribution in [3.63, 3.8) is 0 Å². The normalized spacial score (nSPS) is 21.6. The van der Waals surface area contributed by atoms with E-state index < -0.39 is 0 Å². The molecular weight excluding hydrogens is 156 g/mol. The second-order valence-corrected chi connectivity index (χ2v) is 3.20. The van der Waals surface area contributed by atoms with Crippen LogP contribution in [0.3, 0.4) is 0 Å². The van der Waals surface area contributed by atoms with Crippen LogP contribution in [-0.4, -0.2) is 4.98 Å². The minimum Gasteiger partial charge on any atom is -0.675 e. The van der Waals surface area contributed by atoms with E-state index in [1.807, 2.05) is 29.9 Å². The molecule has 0 fully saturated rings. The van der Waals surface area contributed by atoms with Gasteiger partial charge in [-0.1, -0.05) is 11.5 Å². The predicted molar refractivity (Wildman–Crippen MR) is 47.1 cm³/mol. The largest absolute Gasteiger partial charge is 0.675 e. The van der Waals surface area contributed by atoms with Gasteiger partial charge in [0.25, 0.3) is 0 Å². The summed E-state index contributed by atoms with van der Waals surface area (Å²) in [6.45, 7) is 0. The number of aromatic nitrogens is 1. The number of rotatable bonds is 1. The lowest BCUT2D eigenvalue weighted by Crippen LogP contribution is -1.86. The van der Waals surface area contributed by atoms with Gasteiger partial charge in [-0.25, -0.2) is 0 Å². The third kappa shape index (κ3) is 1.38. The Kier molecular flexibility index (Phi) is 1.81. The van der Waals surface area contributed by atoms with Crippen molar-refractivity contribution in [3.8, 4) is 0 Å². The summed E-state index contributed by atoms with van der Waals surface area (Å²) in [6.07, 6.45) is 5.47. The molecule has 56 valence electrons. The van der Waals surface area contributed by atoms with Gasteiger partial charge >= 0.3 is 0 Å². The van der Waals surface area contributed by atoms with Crippen LogP contribution in [0, 0.1) is 0 Å². The summed E-state index contributed by atoms with van der Waals surface area (Å²) >= 11 is 1.71. The van der Waals surface area contributed by atoms with E-state index in [-0.39, 0.29) is 5.37 Å². The van der Waals surface area contributed by atoms with Crippen LogP contribution in [0.15, 0.2) is 36.1 Å². The maximum absolute atomic E-state index is 4.25. The number of pyridine rings is 1. The highest BCUT2D eigenvalue weighted by molar-refractivity contribution is 8.02. The van der Waals surface area contributed by atoms with Gasteiger partial charge in [-0.3, -0.25) is 4.98 Å². The van der Waals surface area contributed by atoms with E-state index in [1.54, 1.807) is 18.0 Å². The van der Waals surface area contributed by atoms with E-state index in [4.69, 9.17) is 0 Å². The number of thioether (sulfide) groups is 1. The molecular formula is C8H7N2S-. The molecule has 1 atom stereocenters. The average molecular weight is 163 g/mol. The number of hydrogen-bond donors (Lipinski definition) is 0. The minimum atomic E-state index is 0.240. The summed E-state index contributed by atoms with van der Waals surface area (Å²) in [5, 5.41) is 6.49. The van der Waals surface area contributed by atoms with E-state index in [1.165, 1.54) is 5.56 Å². The first kappa shape index (κ1) is 6.73. The Hall–Kier alpha value is -0.960. The summed E-state index contributed by atoms with van der Waals surface area (Å²) < 4.78 is 0. The molecule has 2 heterocycles. The first-order valence-electron chi connectivity index (χ1n) is 3.37. The molecule has 0 saturated carbocycles. The van der Waals surface area contributed by atoms with Gasteiger partial charge in [0.1, 0.15) is 0 Å². The lowest BCUT2D eigenvalue weighted by Gasteiger charge is -2.21. The van der Waals surface area contributed by atoms with Crippen molar-refractivity contribution in [3.05, 3.63) is 47.0 Å². The molecule has 0 saturated heterocycles. The van der Waals surface area contributed by atoms with Crippen molar-refractivity contribution in [2.75, 3.05) is 0 Å². The highest BCUT2D eigenvalue weighted by Gasteiger charge is 2.01. The molecule has 3 heteroatoms. The zero-order valence-corrected chi connectivity index (χ0v) is 6.66. The Balaban J connectivity index is 2.17. The van der Waals surface area contributed by atoms with Crippen molar-refractivity contribution < 1.29 is 0 Å². The molecule has 1 aromatic rings. The molecule has 1 aliphatic heterocycles. The quantitative estimate of drug-likeness (QED) is 0.636. The van der Waals surface area contributed by atoms with Crippen LogP contribution >= 0.6 is 11.8 Å². The Morgan fingerprint density at radius 2 is 2.55 bits per heavy atom. The fraction of sp³-hybridized carbons (Fsp3) is 0.125. The molecule has 0 bridgehead atoms. The molecule has 0 radical (unpaired) electrons. The van der Waals surface area contributed by atoms with Crippen LogP contribution < -0.4 is 0 Å². The average Bonchev–Trinajstić information content (AvgIpc) is 2.58. The molecule has 2 nitrogen and oxygen atoms in total. The van der Waals surface area contributed by atoms with Crippen LogP contribution in [0.4, 0.5) is 0 Å². The van der Waals surface area contributed by atoms with Crippen molar-refractivity contribution in [1.82, 2.24) is 4.98 Å². The van der Waals surface area contributed by atoms with Crippen molar-refractivity contribution >= 4 is 11.8 Å². The Morgan fingerprint density at radius 3 is 3.18 bits per heavy atom. The SMILES string of the molecule is C1=CSC(c2cccnc2)[N-]1. The zero-order chi connectivity index (χ0) is 7.52. The first-order valence-corrected chi connectivity index (χ1v) is 4.31. The van der Waals surface area contributed by atoms with Crippen LogP contribution in [0.1, 0.15) is 10.9 Å². The molecule has 0 aliphatic carbocycles. The molecule has 1 unspecified atom stereocenters. The van der Waals surface area contributed by atoms with E-state index in [0.29, 0.717) is 0 Å². The third-order valence-corrected chi connectivity index (χ3v) is 2.39. The maximum atomic E-state index is 4.25. The van der Waals surface area contributed by atoms with Gasteiger partial charge in [0, 0.05) is 12.4 Å². The van der Waals surface area contributed by atoms with Gasteiger partial charge in [-0.15, -0.1) is 11.8 Å². The maximum Gasteiger partial charge on any atom is 0.0295 e. The summed E-state index contributed by atoms with van der Waals surface area (Å²) in [7, 11) is 0. The second kappa shape index (κ2) is 2.96. The zero-order valence-electron chi connectivity index (χ0n) is 5.84. The second-order valence-electron chi connectivity index (χ2n) is 2.21. The van der Waals surface area contributed by atoms with Crippen molar-refractivity contribution in [2.45, 2.75) is 5.37 Å². The highest BCUT2D eigenvalue weighted by Crippen LogP contribution is 2.39. The number of nitrogens with zero attached hydrogens (tertiary/aromatic N) is 2.